The van der Waals surface area contributed by atoms with Crippen molar-refractivity contribution < 1.29 is 28.8 Å². The predicted molar refractivity (Wildman–Crippen MR) is 249 cm³/mol. The molecule has 18 nitrogen and oxygen atoms in total. The summed E-state index contributed by atoms with van der Waals surface area (Å²) >= 11 is 0. The number of piperazine rings is 1. The molecular formula is C49H57N11O7. The van der Waals surface area contributed by atoms with E-state index < -0.39 is 29.7 Å². The maximum absolute atomic E-state index is 13.7. The molecule has 18 heteroatoms. The number of urea groups is 1. The van der Waals surface area contributed by atoms with E-state index in [4.69, 9.17) is 4.98 Å². The number of hydrogen-bond acceptors (Lipinski definition) is 13. The first-order valence-electron chi connectivity index (χ1n) is 23.9. The fourth-order valence-electron chi connectivity index (χ4n) is 11.3. The summed E-state index contributed by atoms with van der Waals surface area (Å²) in [6.07, 6.45) is 11.3. The molecule has 4 aromatic rings. The van der Waals surface area contributed by atoms with Crippen molar-refractivity contribution >= 4 is 63.9 Å². The highest BCUT2D eigenvalue weighted by molar-refractivity contribution is 6.23. The number of pyridine rings is 2. The van der Waals surface area contributed by atoms with Gasteiger partial charge in [-0.05, 0) is 119 Å². The third kappa shape index (κ3) is 8.55. The lowest BCUT2D eigenvalue weighted by Gasteiger charge is -2.41. The number of nitrogens with one attached hydrogen (secondary N) is 2. The van der Waals surface area contributed by atoms with Crippen LogP contribution < -0.4 is 21.1 Å². The predicted octanol–water partition coefficient (Wildman–Crippen LogP) is 4.79. The van der Waals surface area contributed by atoms with E-state index in [2.05, 4.69) is 30.4 Å². The Morgan fingerprint density at radius 1 is 0.776 bits per heavy atom. The van der Waals surface area contributed by atoms with Crippen molar-refractivity contribution in [2.75, 3.05) is 69.1 Å². The van der Waals surface area contributed by atoms with Crippen LogP contribution in [0.1, 0.15) is 125 Å². The molecule has 6 aliphatic rings. The SMILES string of the molecule is CC(=O)c1c(C)c2cnc(Nc3ccc(N4CCN(C(=O)N5CCC(CN6CCC(c7ccc8c(c7)C(=O)N(C7CCC(=O)NC7=O)C8=O)CC6)CC5)CC4)cn3)nc2n(C2CCCC2)c1=O. The number of aryl methyl sites for hydroxylation is 1. The molecule has 1 atom stereocenters. The number of piperidine rings is 3. The smallest absolute Gasteiger partial charge is 0.320 e. The zero-order valence-electron chi connectivity index (χ0n) is 38.2. The van der Waals surface area contributed by atoms with E-state index in [1.165, 1.54) is 6.92 Å². The van der Waals surface area contributed by atoms with Crippen molar-refractivity contribution in [3.8, 4) is 0 Å². The van der Waals surface area contributed by atoms with Crippen molar-refractivity contribution in [1.82, 2.24) is 44.4 Å². The number of imide groups is 2. The first kappa shape index (κ1) is 44.3. The summed E-state index contributed by atoms with van der Waals surface area (Å²) in [5.41, 5.74) is 3.68. The fraction of sp³-hybridized carbons (Fsp3) is 0.510. The number of benzene rings is 1. The van der Waals surface area contributed by atoms with Crippen molar-refractivity contribution in [2.24, 2.45) is 5.92 Å². The van der Waals surface area contributed by atoms with Gasteiger partial charge >= 0.3 is 6.03 Å². The molecule has 2 N–H and O–H groups in total. The van der Waals surface area contributed by atoms with Crippen molar-refractivity contribution in [3.05, 3.63) is 80.9 Å². The zero-order valence-corrected chi connectivity index (χ0v) is 38.2. The van der Waals surface area contributed by atoms with Gasteiger partial charge in [0.2, 0.25) is 17.8 Å². The number of ketones is 1. The minimum atomic E-state index is -0.972. The first-order valence-corrected chi connectivity index (χ1v) is 23.9. The average molecular weight is 912 g/mol. The molecule has 0 bridgehead atoms. The molecule has 10 rings (SSSR count). The topological polar surface area (TPSA) is 203 Å². The maximum Gasteiger partial charge on any atom is 0.320 e. The Morgan fingerprint density at radius 3 is 2.18 bits per heavy atom. The molecule has 1 aromatic carbocycles. The molecule has 350 valence electrons. The van der Waals surface area contributed by atoms with Gasteiger partial charge in [0.1, 0.15) is 17.5 Å². The summed E-state index contributed by atoms with van der Waals surface area (Å²) < 4.78 is 1.70. The average Bonchev–Trinajstić information content (AvgIpc) is 3.95. The van der Waals surface area contributed by atoms with Crippen LogP contribution in [0.2, 0.25) is 0 Å². The number of rotatable bonds is 9. The minimum absolute atomic E-state index is 0.00701. The quantitative estimate of drug-likeness (QED) is 0.172. The summed E-state index contributed by atoms with van der Waals surface area (Å²) in [5.74, 6) is -0.543. The number of carbonyl (C=O) groups excluding carboxylic acids is 6. The van der Waals surface area contributed by atoms with Crippen LogP contribution in [0.25, 0.3) is 11.0 Å². The molecule has 5 aliphatic heterocycles. The normalized spacial score (nSPS) is 21.4. The van der Waals surface area contributed by atoms with Crippen LogP contribution in [-0.2, 0) is 9.59 Å². The molecule has 0 spiro atoms. The third-order valence-corrected chi connectivity index (χ3v) is 15.1. The van der Waals surface area contributed by atoms with Crippen LogP contribution in [0.5, 0.6) is 0 Å². The maximum atomic E-state index is 13.7. The number of amides is 6. The van der Waals surface area contributed by atoms with Crippen LogP contribution in [0.4, 0.5) is 22.2 Å². The van der Waals surface area contributed by atoms with Gasteiger partial charge in [-0.15, -0.1) is 0 Å². The lowest BCUT2D eigenvalue weighted by Crippen LogP contribution is -2.54. The number of carbonyl (C=O) groups is 6. The standard InChI is InChI=1S/C49H57N11O7/c1-29-38-27-51-48(54-43(38)59(34-5-3-4-6-34)47(66)42(29)30(2)61)52-40-11-8-35(26-50-40)56-21-23-58(24-22-56)49(67)57-19-13-31(14-20-57)28-55-17-15-32(16-18-55)33-7-9-36-37(25-33)46(65)60(45(36)64)39-10-12-41(62)53-44(39)63/h7-9,11,25-27,31-32,34,39H,3-6,10,12-24,28H2,1-2H3,(H,53,62,63)(H,50,51,52,54). The second-order valence-electron chi connectivity index (χ2n) is 19.1. The molecule has 0 radical (unpaired) electrons. The van der Waals surface area contributed by atoms with Gasteiger partial charge in [-0.25, -0.2) is 14.8 Å². The van der Waals surface area contributed by atoms with Gasteiger partial charge in [-0.2, -0.15) is 4.98 Å². The summed E-state index contributed by atoms with van der Waals surface area (Å²) in [6, 6.07) is 8.48. The first-order chi connectivity index (χ1) is 32.4. The Hall–Kier alpha value is -6.56. The molecule has 5 fully saturated rings. The third-order valence-electron chi connectivity index (χ3n) is 15.1. The lowest BCUT2D eigenvalue weighted by atomic mass is 9.87. The van der Waals surface area contributed by atoms with Crippen LogP contribution in [0.3, 0.4) is 0 Å². The molecule has 8 heterocycles. The monoisotopic (exact) mass is 911 g/mol. The molecule has 1 saturated carbocycles. The number of Topliss-reactive ketones (excluding diaryl/α,β-unsaturated/α-hetero) is 1. The van der Waals surface area contributed by atoms with Gasteiger partial charge in [-0.3, -0.25) is 43.6 Å². The highest BCUT2D eigenvalue weighted by atomic mass is 16.2. The van der Waals surface area contributed by atoms with E-state index in [1.807, 2.05) is 40.3 Å². The number of nitrogens with zero attached hydrogens (tertiary/aromatic N) is 9. The lowest BCUT2D eigenvalue weighted by molar-refractivity contribution is -0.136. The highest BCUT2D eigenvalue weighted by Gasteiger charge is 2.45. The van der Waals surface area contributed by atoms with Gasteiger partial charge in [-0.1, -0.05) is 18.9 Å². The Bertz CT molecular complexity index is 2710. The van der Waals surface area contributed by atoms with Crippen molar-refractivity contribution in [2.45, 2.75) is 96.1 Å². The Morgan fingerprint density at radius 2 is 1.49 bits per heavy atom. The second kappa shape index (κ2) is 18.3. The van der Waals surface area contributed by atoms with Gasteiger partial charge in [0.05, 0.1) is 28.6 Å². The number of aromatic nitrogens is 4. The van der Waals surface area contributed by atoms with E-state index in [-0.39, 0.29) is 47.7 Å². The van der Waals surface area contributed by atoms with Gasteiger partial charge in [0.25, 0.3) is 17.4 Å². The number of fused-ring (bicyclic) bond motifs is 2. The van der Waals surface area contributed by atoms with E-state index in [9.17, 15) is 33.6 Å². The molecule has 1 aliphatic carbocycles. The molecule has 1 unspecified atom stereocenters. The van der Waals surface area contributed by atoms with Crippen molar-refractivity contribution in [3.63, 3.8) is 0 Å². The summed E-state index contributed by atoms with van der Waals surface area (Å²) in [6.45, 7) is 10.2. The number of hydrogen-bond donors (Lipinski definition) is 2. The van der Waals surface area contributed by atoms with Crippen LogP contribution in [0, 0.1) is 12.8 Å². The largest absolute Gasteiger partial charge is 0.367 e. The Kier molecular flexibility index (Phi) is 12.1. The molecule has 3 aromatic heterocycles. The minimum Gasteiger partial charge on any atom is -0.367 e. The van der Waals surface area contributed by atoms with Crippen LogP contribution in [-0.4, -0.2) is 140 Å². The van der Waals surface area contributed by atoms with Crippen molar-refractivity contribution in [1.29, 1.82) is 0 Å². The highest BCUT2D eigenvalue weighted by Crippen LogP contribution is 2.35. The second-order valence-corrected chi connectivity index (χ2v) is 19.1. The fourth-order valence-corrected chi connectivity index (χ4v) is 11.3. The molecular weight excluding hydrogens is 855 g/mol. The molecule has 4 saturated heterocycles. The van der Waals surface area contributed by atoms with E-state index in [0.717, 1.165) is 100 Å². The van der Waals surface area contributed by atoms with E-state index >= 15 is 0 Å². The molecule has 67 heavy (non-hydrogen) atoms. The van der Waals surface area contributed by atoms with Crippen LogP contribution >= 0.6 is 0 Å². The summed E-state index contributed by atoms with van der Waals surface area (Å²) in [4.78, 5) is 114. The summed E-state index contributed by atoms with van der Waals surface area (Å²) in [5, 5.41) is 6.15. The van der Waals surface area contributed by atoms with E-state index in [1.54, 1.807) is 23.8 Å². The van der Waals surface area contributed by atoms with Gasteiger partial charge in [0.15, 0.2) is 5.78 Å². The Labute approximate surface area is 388 Å². The van der Waals surface area contributed by atoms with E-state index in [0.29, 0.717) is 71.6 Å². The van der Waals surface area contributed by atoms with Crippen LogP contribution in [0.15, 0.2) is 47.5 Å². The number of likely N-dealkylation sites (tertiary alicyclic amines) is 2. The number of anilines is 3. The van der Waals surface area contributed by atoms with Gasteiger partial charge < -0.3 is 24.9 Å². The Balaban J connectivity index is 0.673. The summed E-state index contributed by atoms with van der Waals surface area (Å²) in [7, 11) is 0. The van der Waals surface area contributed by atoms with Gasteiger partial charge in [0, 0.05) is 69.9 Å². The molecule has 6 amide bonds. The zero-order chi connectivity index (χ0) is 46.5.